The van der Waals surface area contributed by atoms with Crippen molar-refractivity contribution in [2.45, 2.75) is 20.3 Å². The minimum absolute atomic E-state index is 0.682. The highest BCUT2D eigenvalue weighted by Crippen LogP contribution is 2.13. The van der Waals surface area contributed by atoms with Crippen LogP contribution in [0.15, 0.2) is 35.7 Å². The van der Waals surface area contributed by atoms with E-state index in [1.54, 1.807) is 11.3 Å². The summed E-state index contributed by atoms with van der Waals surface area (Å²) in [5, 5.41) is 9.24. The Balaban J connectivity index is 1.80. The average molecular weight is 290 g/mol. The van der Waals surface area contributed by atoms with Crippen LogP contribution in [0.25, 0.3) is 0 Å². The van der Waals surface area contributed by atoms with Crippen molar-refractivity contribution >= 4 is 34.4 Å². The molecular formula is C15H18N2S2. The molecule has 0 aliphatic heterocycles. The van der Waals surface area contributed by atoms with Gasteiger partial charge in [-0.2, -0.15) is 0 Å². The van der Waals surface area contributed by atoms with E-state index in [1.807, 2.05) is 0 Å². The number of nitrogens with one attached hydrogen (secondary N) is 2. The molecule has 0 spiro atoms. The normalized spacial score (nSPS) is 10.2. The molecule has 0 radical (unpaired) electrons. The molecule has 100 valence electrons. The fraction of sp³-hybridized carbons (Fsp3) is 0.267. The smallest absolute Gasteiger partial charge is 0.170 e. The number of anilines is 1. The van der Waals surface area contributed by atoms with Crippen LogP contribution in [0, 0.1) is 13.8 Å². The van der Waals surface area contributed by atoms with Crippen molar-refractivity contribution in [2.24, 2.45) is 0 Å². The predicted molar refractivity (Wildman–Crippen MR) is 88.2 cm³/mol. The van der Waals surface area contributed by atoms with Crippen LogP contribution in [0.2, 0.25) is 0 Å². The summed E-state index contributed by atoms with van der Waals surface area (Å²) in [5.41, 5.74) is 3.53. The van der Waals surface area contributed by atoms with Gasteiger partial charge in [0.05, 0.1) is 0 Å². The summed E-state index contributed by atoms with van der Waals surface area (Å²) in [5.74, 6) is 0. The zero-order chi connectivity index (χ0) is 13.7. The van der Waals surface area contributed by atoms with Crippen LogP contribution >= 0.6 is 23.6 Å². The summed E-state index contributed by atoms with van der Waals surface area (Å²) in [6.45, 7) is 5.04. The third kappa shape index (κ3) is 4.65. The lowest BCUT2D eigenvalue weighted by atomic mass is 10.1. The fourth-order valence-corrected chi connectivity index (χ4v) is 2.91. The molecule has 2 aromatic rings. The average Bonchev–Trinajstić information content (AvgIpc) is 2.80. The van der Waals surface area contributed by atoms with Crippen LogP contribution in [0.1, 0.15) is 16.0 Å². The van der Waals surface area contributed by atoms with Crippen molar-refractivity contribution < 1.29 is 0 Å². The van der Waals surface area contributed by atoms with Crippen LogP contribution in [-0.4, -0.2) is 11.7 Å². The number of rotatable bonds is 4. The highest BCUT2D eigenvalue weighted by atomic mass is 32.1. The SMILES string of the molecule is Cc1cc(C)cc(NC(=S)NCCc2cccs2)c1. The quantitative estimate of drug-likeness (QED) is 0.835. The summed E-state index contributed by atoms with van der Waals surface area (Å²) in [4.78, 5) is 1.38. The molecule has 2 rings (SSSR count). The number of thiocarbonyl (C=S) groups is 1. The highest BCUT2D eigenvalue weighted by Gasteiger charge is 2.00. The van der Waals surface area contributed by atoms with Crippen LogP contribution in [0.3, 0.4) is 0 Å². The van der Waals surface area contributed by atoms with Gasteiger partial charge < -0.3 is 10.6 Å². The lowest BCUT2D eigenvalue weighted by molar-refractivity contribution is 0.885. The van der Waals surface area contributed by atoms with E-state index in [1.165, 1.54) is 16.0 Å². The molecule has 0 aliphatic carbocycles. The molecule has 1 aromatic carbocycles. The maximum atomic E-state index is 5.30. The summed E-state index contributed by atoms with van der Waals surface area (Å²) in [6, 6.07) is 10.6. The van der Waals surface area contributed by atoms with Crippen molar-refractivity contribution in [2.75, 3.05) is 11.9 Å². The monoisotopic (exact) mass is 290 g/mol. The van der Waals surface area contributed by atoms with Crippen LogP contribution in [0.5, 0.6) is 0 Å². The van der Waals surface area contributed by atoms with E-state index in [0.717, 1.165) is 18.7 Å². The Bertz CT molecular complexity index is 527. The fourth-order valence-electron chi connectivity index (χ4n) is 1.98. The van der Waals surface area contributed by atoms with E-state index in [-0.39, 0.29) is 0 Å². The predicted octanol–water partition coefficient (Wildman–Crippen LogP) is 3.89. The lowest BCUT2D eigenvalue weighted by Gasteiger charge is -2.11. The van der Waals surface area contributed by atoms with Gasteiger partial charge in [0.2, 0.25) is 0 Å². The van der Waals surface area contributed by atoms with Gasteiger partial charge in [0.25, 0.3) is 0 Å². The second-order valence-electron chi connectivity index (χ2n) is 4.59. The molecule has 0 atom stereocenters. The van der Waals surface area contributed by atoms with Gasteiger partial charge in [0.1, 0.15) is 0 Å². The van der Waals surface area contributed by atoms with Crippen molar-refractivity contribution in [3.8, 4) is 0 Å². The van der Waals surface area contributed by atoms with Gasteiger partial charge in [0.15, 0.2) is 5.11 Å². The second-order valence-corrected chi connectivity index (χ2v) is 6.03. The van der Waals surface area contributed by atoms with Crippen LogP contribution in [0.4, 0.5) is 5.69 Å². The summed E-state index contributed by atoms with van der Waals surface area (Å²) >= 11 is 7.08. The Kier molecular flexibility index (Phi) is 4.93. The molecule has 0 fully saturated rings. The number of benzene rings is 1. The highest BCUT2D eigenvalue weighted by molar-refractivity contribution is 7.80. The summed E-state index contributed by atoms with van der Waals surface area (Å²) in [6.07, 6.45) is 1.01. The third-order valence-corrected chi connectivity index (χ3v) is 3.90. The van der Waals surface area contributed by atoms with Gasteiger partial charge in [-0.1, -0.05) is 12.1 Å². The lowest BCUT2D eigenvalue weighted by Crippen LogP contribution is -2.30. The first-order chi connectivity index (χ1) is 9.13. The van der Waals surface area contributed by atoms with Crippen LogP contribution in [-0.2, 0) is 6.42 Å². The molecule has 4 heteroatoms. The Morgan fingerprint density at radius 3 is 2.58 bits per heavy atom. The molecule has 1 heterocycles. The Morgan fingerprint density at radius 2 is 1.95 bits per heavy atom. The molecule has 1 aromatic heterocycles. The molecule has 19 heavy (non-hydrogen) atoms. The van der Waals surface area contributed by atoms with Gasteiger partial charge in [-0.15, -0.1) is 11.3 Å². The van der Waals surface area contributed by atoms with E-state index in [2.05, 4.69) is 60.2 Å². The molecular weight excluding hydrogens is 272 g/mol. The summed E-state index contributed by atoms with van der Waals surface area (Å²) < 4.78 is 0. The molecule has 0 amide bonds. The van der Waals surface area contributed by atoms with E-state index >= 15 is 0 Å². The molecule has 0 bridgehead atoms. The van der Waals surface area contributed by atoms with E-state index in [4.69, 9.17) is 12.2 Å². The van der Waals surface area contributed by atoms with Gasteiger partial charge >= 0.3 is 0 Å². The largest absolute Gasteiger partial charge is 0.362 e. The zero-order valence-electron chi connectivity index (χ0n) is 11.2. The van der Waals surface area contributed by atoms with Crippen molar-refractivity contribution in [3.05, 3.63) is 51.7 Å². The van der Waals surface area contributed by atoms with Gasteiger partial charge in [-0.05, 0) is 67.2 Å². The topological polar surface area (TPSA) is 24.1 Å². The maximum absolute atomic E-state index is 5.30. The van der Waals surface area contributed by atoms with Crippen molar-refractivity contribution in [3.63, 3.8) is 0 Å². The van der Waals surface area contributed by atoms with E-state index < -0.39 is 0 Å². The molecule has 2 nitrogen and oxygen atoms in total. The Hall–Kier alpha value is -1.39. The van der Waals surface area contributed by atoms with Gasteiger partial charge in [-0.25, -0.2) is 0 Å². The first-order valence-electron chi connectivity index (χ1n) is 6.29. The van der Waals surface area contributed by atoms with Gasteiger partial charge in [-0.3, -0.25) is 0 Å². The molecule has 0 saturated heterocycles. The number of thiophene rings is 1. The third-order valence-electron chi connectivity index (χ3n) is 2.72. The first kappa shape index (κ1) is 14.0. The van der Waals surface area contributed by atoms with Gasteiger partial charge in [0, 0.05) is 17.1 Å². The van der Waals surface area contributed by atoms with Crippen molar-refractivity contribution in [1.29, 1.82) is 0 Å². The van der Waals surface area contributed by atoms with Crippen LogP contribution < -0.4 is 10.6 Å². The van der Waals surface area contributed by atoms with E-state index in [9.17, 15) is 0 Å². The molecule has 0 unspecified atom stereocenters. The Morgan fingerprint density at radius 1 is 1.21 bits per heavy atom. The van der Waals surface area contributed by atoms with Crippen molar-refractivity contribution in [1.82, 2.24) is 5.32 Å². The summed E-state index contributed by atoms with van der Waals surface area (Å²) in [7, 11) is 0. The Labute approximate surface area is 123 Å². The number of hydrogen-bond acceptors (Lipinski definition) is 2. The minimum Gasteiger partial charge on any atom is -0.362 e. The zero-order valence-corrected chi connectivity index (χ0v) is 12.8. The molecule has 0 aliphatic rings. The molecule has 2 N–H and O–H groups in total. The first-order valence-corrected chi connectivity index (χ1v) is 7.58. The molecule has 0 saturated carbocycles. The maximum Gasteiger partial charge on any atom is 0.170 e. The van der Waals surface area contributed by atoms with E-state index in [0.29, 0.717) is 5.11 Å². The number of aryl methyl sites for hydroxylation is 2. The standard InChI is InChI=1S/C15H18N2S2/c1-11-8-12(2)10-13(9-11)17-15(18)16-6-5-14-4-3-7-19-14/h3-4,7-10H,5-6H2,1-2H3,(H2,16,17,18). The minimum atomic E-state index is 0.682. The number of hydrogen-bond donors (Lipinski definition) is 2. The second kappa shape index (κ2) is 6.68.